The maximum atomic E-state index is 14.5. The second-order valence-electron chi connectivity index (χ2n) is 7.27. The monoisotopic (exact) mass is 387 g/mol. The molecule has 2 aromatic heterocycles. The molecule has 29 heavy (non-hydrogen) atoms. The van der Waals surface area contributed by atoms with Crippen molar-refractivity contribution in [1.29, 1.82) is 0 Å². The van der Waals surface area contributed by atoms with Crippen LogP contribution in [0.5, 0.6) is 0 Å². The number of rotatable bonds is 3. The van der Waals surface area contributed by atoms with Crippen molar-refractivity contribution < 1.29 is 9.18 Å². The van der Waals surface area contributed by atoms with E-state index in [2.05, 4.69) is 15.3 Å². The molecule has 0 spiro atoms. The van der Waals surface area contributed by atoms with E-state index in [-0.39, 0.29) is 11.5 Å². The van der Waals surface area contributed by atoms with Crippen LogP contribution in [0, 0.1) is 5.82 Å². The normalized spacial score (nSPS) is 13.1. The highest BCUT2D eigenvalue weighted by atomic mass is 19.1. The molecular formula is C22H18FN5O. The topological polar surface area (TPSA) is 63.9 Å². The van der Waals surface area contributed by atoms with Crippen molar-refractivity contribution in [1.82, 2.24) is 24.9 Å². The average molecular weight is 387 g/mol. The van der Waals surface area contributed by atoms with Crippen LogP contribution in [0.3, 0.4) is 0 Å². The van der Waals surface area contributed by atoms with Gasteiger partial charge >= 0.3 is 0 Å². The van der Waals surface area contributed by atoms with Crippen molar-refractivity contribution in [3.8, 4) is 0 Å². The van der Waals surface area contributed by atoms with Gasteiger partial charge in [0.05, 0.1) is 35.9 Å². The van der Waals surface area contributed by atoms with Gasteiger partial charge in [0.2, 0.25) is 0 Å². The van der Waals surface area contributed by atoms with Crippen LogP contribution in [-0.2, 0) is 26.6 Å². The van der Waals surface area contributed by atoms with Crippen LogP contribution in [0.2, 0.25) is 0 Å². The number of halogens is 1. The molecule has 0 radical (unpaired) electrons. The van der Waals surface area contributed by atoms with Crippen molar-refractivity contribution in [2.24, 2.45) is 7.05 Å². The zero-order chi connectivity index (χ0) is 20.0. The highest BCUT2D eigenvalue weighted by Gasteiger charge is 2.28. The number of carbonyl (C=O) groups excluding carboxylic acids is 1. The fraction of sp³-hybridized carbons (Fsp3) is 0.182. The first-order chi connectivity index (χ1) is 14.1. The van der Waals surface area contributed by atoms with Gasteiger partial charge in [-0.3, -0.25) is 9.48 Å². The van der Waals surface area contributed by atoms with Crippen LogP contribution in [0.1, 0.15) is 32.9 Å². The van der Waals surface area contributed by atoms with Gasteiger partial charge in [0.25, 0.3) is 5.91 Å². The molecule has 7 heteroatoms. The summed E-state index contributed by atoms with van der Waals surface area (Å²) in [7, 11) is 1.85. The maximum Gasteiger partial charge on any atom is 0.257 e. The summed E-state index contributed by atoms with van der Waals surface area (Å²) < 4.78 is 16.3. The Bertz CT molecular complexity index is 1240. The number of aryl methyl sites for hydroxylation is 1. The number of hydrogen-bond donors (Lipinski definition) is 0. The lowest BCUT2D eigenvalue weighted by Crippen LogP contribution is -2.27. The van der Waals surface area contributed by atoms with Gasteiger partial charge in [0, 0.05) is 36.3 Å². The summed E-state index contributed by atoms with van der Waals surface area (Å²) in [5.74, 6) is -0.832. The molecule has 0 aliphatic carbocycles. The number of carbonyl (C=O) groups is 1. The molecule has 0 unspecified atom stereocenters. The Morgan fingerprint density at radius 1 is 1.14 bits per heavy atom. The molecule has 0 saturated heterocycles. The summed E-state index contributed by atoms with van der Waals surface area (Å²) in [6, 6.07) is 12.5. The predicted octanol–water partition coefficient (Wildman–Crippen LogP) is 3.25. The molecule has 2 aromatic carbocycles. The lowest BCUT2D eigenvalue weighted by atomic mass is 10.0. The van der Waals surface area contributed by atoms with E-state index in [4.69, 9.17) is 0 Å². The minimum atomic E-state index is -0.517. The van der Waals surface area contributed by atoms with Gasteiger partial charge < -0.3 is 4.90 Å². The molecule has 1 aliphatic rings. The highest BCUT2D eigenvalue weighted by Crippen LogP contribution is 2.25. The largest absolute Gasteiger partial charge is 0.328 e. The van der Waals surface area contributed by atoms with Gasteiger partial charge in [-0.2, -0.15) is 15.3 Å². The van der Waals surface area contributed by atoms with Crippen molar-refractivity contribution in [2.75, 3.05) is 0 Å². The standard InChI is InChI=1S/C22H18FN5O/c1-27-21-13-28(12-16(21)11-25-27)22(29)18-8-14(6-7-19(18)23)9-20-17-5-3-2-4-15(17)10-24-26-20/h2-8,10-11H,9,12-13H2,1H3. The van der Waals surface area contributed by atoms with Crippen molar-refractivity contribution in [2.45, 2.75) is 19.5 Å². The van der Waals surface area contributed by atoms with E-state index in [1.165, 1.54) is 6.07 Å². The second-order valence-corrected chi connectivity index (χ2v) is 7.27. The molecule has 0 saturated carbocycles. The SMILES string of the molecule is Cn1ncc2c1CN(C(=O)c1cc(Cc3nncc4ccccc34)ccc1F)C2. The first-order valence-electron chi connectivity index (χ1n) is 9.37. The molecule has 1 amide bonds. The second kappa shape index (κ2) is 6.77. The third-order valence-corrected chi connectivity index (χ3v) is 5.42. The summed E-state index contributed by atoms with van der Waals surface area (Å²) >= 11 is 0. The van der Waals surface area contributed by atoms with Gasteiger partial charge in [-0.15, -0.1) is 0 Å². The fourth-order valence-electron chi connectivity index (χ4n) is 3.86. The minimum absolute atomic E-state index is 0.0801. The van der Waals surface area contributed by atoms with Gasteiger partial charge in [0.1, 0.15) is 5.82 Å². The molecule has 0 fully saturated rings. The van der Waals surface area contributed by atoms with Crippen LogP contribution in [0.25, 0.3) is 10.8 Å². The molecule has 5 rings (SSSR count). The van der Waals surface area contributed by atoms with Crippen LogP contribution in [-0.4, -0.2) is 30.8 Å². The van der Waals surface area contributed by atoms with Crippen LogP contribution in [0.15, 0.2) is 54.9 Å². The van der Waals surface area contributed by atoms with Crippen LogP contribution < -0.4 is 0 Å². The van der Waals surface area contributed by atoms with Gasteiger partial charge in [-0.25, -0.2) is 4.39 Å². The van der Waals surface area contributed by atoms with Crippen molar-refractivity contribution in [3.05, 3.63) is 88.8 Å². The molecular weight excluding hydrogens is 369 g/mol. The Hall–Kier alpha value is -3.61. The Morgan fingerprint density at radius 2 is 2.00 bits per heavy atom. The smallest absolute Gasteiger partial charge is 0.257 e. The summed E-state index contributed by atoms with van der Waals surface area (Å²) in [5.41, 5.74) is 3.69. The fourth-order valence-corrected chi connectivity index (χ4v) is 3.86. The summed E-state index contributed by atoms with van der Waals surface area (Å²) in [4.78, 5) is 14.6. The van der Waals surface area contributed by atoms with Crippen molar-refractivity contribution in [3.63, 3.8) is 0 Å². The van der Waals surface area contributed by atoms with E-state index in [0.717, 1.165) is 33.3 Å². The highest BCUT2D eigenvalue weighted by molar-refractivity contribution is 5.95. The lowest BCUT2D eigenvalue weighted by molar-refractivity contribution is 0.0743. The Morgan fingerprint density at radius 3 is 2.86 bits per heavy atom. The van der Waals surface area contributed by atoms with Crippen molar-refractivity contribution >= 4 is 16.7 Å². The van der Waals surface area contributed by atoms with Crippen LogP contribution >= 0.6 is 0 Å². The average Bonchev–Trinajstić information content (AvgIpc) is 3.31. The number of aromatic nitrogens is 4. The molecule has 3 heterocycles. The minimum Gasteiger partial charge on any atom is -0.328 e. The summed E-state index contributed by atoms with van der Waals surface area (Å²) in [6.45, 7) is 0.879. The summed E-state index contributed by atoms with van der Waals surface area (Å²) in [6.07, 6.45) is 3.95. The number of nitrogens with zero attached hydrogens (tertiary/aromatic N) is 5. The van der Waals surface area contributed by atoms with Gasteiger partial charge in [0.15, 0.2) is 0 Å². The first kappa shape index (κ1) is 17.5. The predicted molar refractivity (Wildman–Crippen MR) is 106 cm³/mol. The Kier molecular flexibility index (Phi) is 4.08. The number of hydrogen-bond acceptors (Lipinski definition) is 4. The molecule has 0 N–H and O–H groups in total. The molecule has 144 valence electrons. The van der Waals surface area contributed by atoms with E-state index in [1.54, 1.807) is 34.1 Å². The first-order valence-corrected chi connectivity index (χ1v) is 9.37. The van der Waals surface area contributed by atoms with E-state index in [0.29, 0.717) is 19.5 Å². The Balaban J connectivity index is 1.44. The quantitative estimate of drug-likeness (QED) is 0.541. The van der Waals surface area contributed by atoms with Gasteiger partial charge in [-0.05, 0) is 17.7 Å². The number of amides is 1. The zero-order valence-corrected chi connectivity index (χ0v) is 15.8. The zero-order valence-electron chi connectivity index (χ0n) is 15.8. The maximum absolute atomic E-state index is 14.5. The molecule has 4 aromatic rings. The third-order valence-electron chi connectivity index (χ3n) is 5.42. The molecule has 6 nitrogen and oxygen atoms in total. The summed E-state index contributed by atoms with van der Waals surface area (Å²) in [5, 5.41) is 14.5. The van der Waals surface area contributed by atoms with Gasteiger partial charge in [-0.1, -0.05) is 30.3 Å². The van der Waals surface area contributed by atoms with E-state index >= 15 is 0 Å². The third kappa shape index (κ3) is 3.04. The molecule has 1 aliphatic heterocycles. The van der Waals surface area contributed by atoms with E-state index < -0.39 is 5.82 Å². The molecule has 0 atom stereocenters. The van der Waals surface area contributed by atoms with E-state index in [9.17, 15) is 9.18 Å². The lowest BCUT2D eigenvalue weighted by Gasteiger charge is -2.17. The number of benzene rings is 2. The molecule has 0 bridgehead atoms. The van der Waals surface area contributed by atoms with E-state index in [1.807, 2.05) is 31.3 Å². The van der Waals surface area contributed by atoms with Crippen LogP contribution in [0.4, 0.5) is 4.39 Å². The number of fused-ring (bicyclic) bond motifs is 2. The Labute approximate surface area is 166 Å².